The fraction of sp³-hybridized carbons (Fsp3) is 0.143. The van der Waals surface area contributed by atoms with E-state index in [1.807, 2.05) is 42.5 Å². The van der Waals surface area contributed by atoms with E-state index in [1.54, 1.807) is 19.1 Å². The average Bonchev–Trinajstić information content (AvgIpc) is 2.38. The van der Waals surface area contributed by atoms with Gasteiger partial charge in [0.15, 0.2) is 0 Å². The number of hydrogen-bond acceptors (Lipinski definition) is 2. The number of primary sulfonamides is 1. The van der Waals surface area contributed by atoms with Crippen LogP contribution in [0.25, 0.3) is 11.1 Å². The molecular formula is C14H15NO2S. The van der Waals surface area contributed by atoms with Crippen molar-refractivity contribution in [1.82, 2.24) is 0 Å². The molecule has 0 amide bonds. The van der Waals surface area contributed by atoms with Crippen LogP contribution >= 0.6 is 0 Å². The first kappa shape index (κ1) is 12.8. The minimum absolute atomic E-state index is 0.678. The lowest BCUT2D eigenvalue weighted by atomic mass is 10.0. The van der Waals surface area contributed by atoms with Crippen molar-refractivity contribution < 1.29 is 8.42 Å². The molecule has 0 saturated heterocycles. The summed E-state index contributed by atoms with van der Waals surface area (Å²) in [5.41, 5.74) is 2.87. The van der Waals surface area contributed by atoms with Crippen LogP contribution in [0.3, 0.4) is 0 Å². The van der Waals surface area contributed by atoms with E-state index in [9.17, 15) is 8.42 Å². The minimum Gasteiger partial charge on any atom is -0.228 e. The van der Waals surface area contributed by atoms with Gasteiger partial charge in [0.25, 0.3) is 0 Å². The summed E-state index contributed by atoms with van der Waals surface area (Å²) in [4.78, 5) is 0. The third kappa shape index (κ3) is 2.78. The smallest absolute Gasteiger partial charge is 0.215 e. The summed E-state index contributed by atoms with van der Waals surface area (Å²) in [5.74, 6) is 0. The summed E-state index contributed by atoms with van der Waals surface area (Å²) < 4.78 is 22.5. The standard InChI is InChI=1S/C14H15NO2S/c1-11(18(15,16)17)12-7-9-14(10-8-12)13-5-3-2-4-6-13/h2-11H,1H3,(H2,15,16,17). The van der Waals surface area contributed by atoms with Crippen molar-refractivity contribution in [2.24, 2.45) is 5.14 Å². The van der Waals surface area contributed by atoms with E-state index in [-0.39, 0.29) is 0 Å². The van der Waals surface area contributed by atoms with Crippen LogP contribution in [0, 0.1) is 0 Å². The molecule has 1 atom stereocenters. The molecule has 2 aromatic rings. The second-order valence-corrected chi connectivity index (χ2v) is 6.10. The summed E-state index contributed by atoms with van der Waals surface area (Å²) in [6.45, 7) is 1.59. The molecule has 0 aromatic heterocycles. The van der Waals surface area contributed by atoms with Crippen LogP contribution in [0.15, 0.2) is 54.6 Å². The predicted molar refractivity (Wildman–Crippen MR) is 73.4 cm³/mol. The summed E-state index contributed by atoms with van der Waals surface area (Å²) in [6, 6.07) is 17.3. The van der Waals surface area contributed by atoms with Crippen LogP contribution in [0.1, 0.15) is 17.7 Å². The molecule has 2 N–H and O–H groups in total. The van der Waals surface area contributed by atoms with Gasteiger partial charge in [-0.15, -0.1) is 0 Å². The Hall–Kier alpha value is -1.65. The van der Waals surface area contributed by atoms with E-state index in [4.69, 9.17) is 5.14 Å². The molecular weight excluding hydrogens is 246 g/mol. The maximum absolute atomic E-state index is 11.3. The van der Waals surface area contributed by atoms with Gasteiger partial charge in [-0.1, -0.05) is 54.6 Å². The van der Waals surface area contributed by atoms with Crippen LogP contribution in [-0.2, 0) is 10.0 Å². The molecule has 0 aliphatic carbocycles. The molecule has 3 nitrogen and oxygen atoms in total. The third-order valence-corrected chi connectivity index (χ3v) is 4.24. The Balaban J connectivity index is 2.32. The molecule has 0 fully saturated rings. The SMILES string of the molecule is CC(c1ccc(-c2ccccc2)cc1)S(N)(=O)=O. The van der Waals surface area contributed by atoms with Crippen LogP contribution in [0.2, 0.25) is 0 Å². The molecule has 0 heterocycles. The Kier molecular flexibility index (Phi) is 3.50. The highest BCUT2D eigenvalue weighted by Crippen LogP contribution is 2.24. The van der Waals surface area contributed by atoms with Gasteiger partial charge in [0.1, 0.15) is 0 Å². The fourth-order valence-corrected chi connectivity index (χ4v) is 2.30. The first-order valence-corrected chi connectivity index (χ1v) is 7.26. The zero-order valence-corrected chi connectivity index (χ0v) is 10.9. The van der Waals surface area contributed by atoms with Gasteiger partial charge in [-0.3, -0.25) is 0 Å². The maximum Gasteiger partial charge on any atom is 0.215 e. The number of rotatable bonds is 3. The summed E-state index contributed by atoms with van der Waals surface area (Å²) in [7, 11) is -3.53. The minimum atomic E-state index is -3.53. The predicted octanol–water partition coefficient (Wildman–Crippen LogP) is 2.70. The monoisotopic (exact) mass is 261 g/mol. The van der Waals surface area contributed by atoms with Crippen molar-refractivity contribution in [1.29, 1.82) is 0 Å². The second-order valence-electron chi connectivity index (χ2n) is 4.22. The molecule has 0 aliphatic heterocycles. The Bertz CT molecular complexity index is 619. The average molecular weight is 261 g/mol. The van der Waals surface area contributed by atoms with E-state index in [0.717, 1.165) is 11.1 Å². The molecule has 2 aromatic carbocycles. The van der Waals surface area contributed by atoms with Gasteiger partial charge >= 0.3 is 0 Å². The Morgan fingerprint density at radius 2 is 1.39 bits per heavy atom. The van der Waals surface area contributed by atoms with Gasteiger partial charge in [-0.25, -0.2) is 13.6 Å². The highest BCUT2D eigenvalue weighted by Gasteiger charge is 2.17. The molecule has 0 aliphatic rings. The van der Waals surface area contributed by atoms with Gasteiger partial charge in [0, 0.05) is 0 Å². The number of nitrogens with two attached hydrogens (primary N) is 1. The van der Waals surface area contributed by atoms with E-state index in [1.165, 1.54) is 0 Å². The van der Waals surface area contributed by atoms with E-state index < -0.39 is 15.3 Å². The van der Waals surface area contributed by atoms with E-state index in [0.29, 0.717) is 5.56 Å². The summed E-state index contributed by atoms with van der Waals surface area (Å²) in [6.07, 6.45) is 0. The lowest BCUT2D eigenvalue weighted by Crippen LogP contribution is -2.19. The van der Waals surface area contributed by atoms with Gasteiger partial charge in [0.2, 0.25) is 10.0 Å². The first-order chi connectivity index (χ1) is 8.48. The van der Waals surface area contributed by atoms with Crippen molar-refractivity contribution in [3.8, 4) is 11.1 Å². The van der Waals surface area contributed by atoms with Gasteiger partial charge in [-0.05, 0) is 23.6 Å². The van der Waals surface area contributed by atoms with Gasteiger partial charge in [0.05, 0.1) is 5.25 Å². The van der Waals surface area contributed by atoms with Crippen molar-refractivity contribution in [3.63, 3.8) is 0 Å². The lowest BCUT2D eigenvalue weighted by Gasteiger charge is -2.10. The zero-order chi connectivity index (χ0) is 13.2. The maximum atomic E-state index is 11.3. The number of hydrogen-bond donors (Lipinski definition) is 1. The molecule has 0 bridgehead atoms. The molecule has 0 spiro atoms. The molecule has 18 heavy (non-hydrogen) atoms. The first-order valence-electron chi connectivity index (χ1n) is 5.65. The lowest BCUT2D eigenvalue weighted by molar-refractivity contribution is 0.588. The van der Waals surface area contributed by atoms with Crippen LogP contribution in [0.5, 0.6) is 0 Å². The van der Waals surface area contributed by atoms with E-state index >= 15 is 0 Å². The highest BCUT2D eigenvalue weighted by molar-refractivity contribution is 7.89. The molecule has 1 unspecified atom stereocenters. The zero-order valence-electron chi connectivity index (χ0n) is 10.1. The van der Waals surface area contributed by atoms with Crippen molar-refractivity contribution in [3.05, 3.63) is 60.2 Å². The number of benzene rings is 2. The van der Waals surface area contributed by atoms with Crippen molar-refractivity contribution in [2.45, 2.75) is 12.2 Å². The molecule has 0 radical (unpaired) electrons. The van der Waals surface area contributed by atoms with Crippen LogP contribution < -0.4 is 5.14 Å². The molecule has 4 heteroatoms. The Morgan fingerprint density at radius 1 is 0.889 bits per heavy atom. The van der Waals surface area contributed by atoms with Crippen molar-refractivity contribution in [2.75, 3.05) is 0 Å². The fourth-order valence-electron chi connectivity index (χ4n) is 1.77. The Morgan fingerprint density at radius 3 is 1.89 bits per heavy atom. The number of sulfonamides is 1. The Labute approximate surface area is 107 Å². The van der Waals surface area contributed by atoms with Gasteiger partial charge < -0.3 is 0 Å². The molecule has 94 valence electrons. The second kappa shape index (κ2) is 4.92. The van der Waals surface area contributed by atoms with Crippen LogP contribution in [-0.4, -0.2) is 8.42 Å². The normalized spacial score (nSPS) is 13.2. The summed E-state index contributed by atoms with van der Waals surface area (Å²) in [5, 5.41) is 4.45. The van der Waals surface area contributed by atoms with Gasteiger partial charge in [-0.2, -0.15) is 0 Å². The topological polar surface area (TPSA) is 60.2 Å². The quantitative estimate of drug-likeness (QED) is 0.923. The molecule has 0 saturated carbocycles. The largest absolute Gasteiger partial charge is 0.228 e. The molecule has 2 rings (SSSR count). The van der Waals surface area contributed by atoms with E-state index in [2.05, 4.69) is 0 Å². The van der Waals surface area contributed by atoms with Crippen molar-refractivity contribution >= 4 is 10.0 Å². The summed E-state index contributed by atoms with van der Waals surface area (Å²) >= 11 is 0. The third-order valence-electron chi connectivity index (χ3n) is 2.98. The van der Waals surface area contributed by atoms with Crippen LogP contribution in [0.4, 0.5) is 0 Å². The highest BCUT2D eigenvalue weighted by atomic mass is 32.2.